The molecular formula is C11H18NO2-. The summed E-state index contributed by atoms with van der Waals surface area (Å²) in [5, 5.41) is 10.5. The van der Waals surface area contributed by atoms with Crippen molar-refractivity contribution in [3.05, 3.63) is 0 Å². The third-order valence-electron chi connectivity index (χ3n) is 4.05. The Balaban J connectivity index is 1.89. The first kappa shape index (κ1) is 9.97. The van der Waals surface area contributed by atoms with Crippen LogP contribution in [-0.2, 0) is 4.79 Å². The first-order valence-corrected chi connectivity index (χ1v) is 5.63. The van der Waals surface area contributed by atoms with Crippen molar-refractivity contribution >= 4 is 5.97 Å². The average molecular weight is 196 g/mol. The molecule has 3 fully saturated rings. The van der Waals surface area contributed by atoms with E-state index in [9.17, 15) is 9.90 Å². The van der Waals surface area contributed by atoms with Crippen LogP contribution in [0.5, 0.6) is 0 Å². The molecule has 1 unspecified atom stereocenters. The molecule has 80 valence electrons. The van der Waals surface area contributed by atoms with Gasteiger partial charge in [0.25, 0.3) is 0 Å². The summed E-state index contributed by atoms with van der Waals surface area (Å²) in [6.07, 6.45) is 7.10. The zero-order chi connectivity index (χ0) is 10.1. The molecule has 0 aromatic rings. The van der Waals surface area contributed by atoms with E-state index in [0.717, 1.165) is 11.8 Å². The maximum absolute atomic E-state index is 10.5. The minimum Gasteiger partial charge on any atom is -0.548 e. The molecule has 3 aliphatic carbocycles. The van der Waals surface area contributed by atoms with Crippen LogP contribution in [0.3, 0.4) is 0 Å². The molecule has 2 N–H and O–H groups in total. The predicted molar refractivity (Wildman–Crippen MR) is 51.2 cm³/mol. The molecule has 3 nitrogen and oxygen atoms in total. The lowest BCUT2D eigenvalue weighted by atomic mass is 9.63. The van der Waals surface area contributed by atoms with E-state index >= 15 is 0 Å². The Morgan fingerprint density at radius 1 is 1.36 bits per heavy atom. The number of aliphatic carboxylic acids is 1. The first-order chi connectivity index (χ1) is 6.66. The van der Waals surface area contributed by atoms with Crippen LogP contribution < -0.4 is 10.8 Å². The smallest absolute Gasteiger partial charge is 0.0582 e. The van der Waals surface area contributed by atoms with Gasteiger partial charge in [-0.05, 0) is 43.4 Å². The summed E-state index contributed by atoms with van der Waals surface area (Å²) in [5.74, 6) is 1.05. The van der Waals surface area contributed by atoms with Gasteiger partial charge in [0, 0.05) is 6.04 Å². The largest absolute Gasteiger partial charge is 0.548 e. The number of hydrogen-bond acceptors (Lipinski definition) is 3. The van der Waals surface area contributed by atoms with Crippen LogP contribution in [0.1, 0.15) is 38.5 Å². The van der Waals surface area contributed by atoms with Crippen LogP contribution in [-0.4, -0.2) is 12.0 Å². The second kappa shape index (κ2) is 3.89. The maximum Gasteiger partial charge on any atom is 0.0582 e. The van der Waals surface area contributed by atoms with Gasteiger partial charge < -0.3 is 15.6 Å². The molecule has 0 aliphatic heterocycles. The van der Waals surface area contributed by atoms with E-state index in [4.69, 9.17) is 5.73 Å². The van der Waals surface area contributed by atoms with Crippen LogP contribution in [0.25, 0.3) is 0 Å². The molecule has 0 spiro atoms. The van der Waals surface area contributed by atoms with Crippen LogP contribution >= 0.6 is 0 Å². The maximum atomic E-state index is 10.5. The van der Waals surface area contributed by atoms with Crippen molar-refractivity contribution < 1.29 is 9.90 Å². The Morgan fingerprint density at radius 2 is 2.00 bits per heavy atom. The molecule has 0 aromatic heterocycles. The van der Waals surface area contributed by atoms with Gasteiger partial charge in [-0.15, -0.1) is 0 Å². The summed E-state index contributed by atoms with van der Waals surface area (Å²) in [6, 6.07) is -0.751. The Kier molecular flexibility index (Phi) is 2.77. The summed E-state index contributed by atoms with van der Waals surface area (Å²) in [4.78, 5) is 10.5. The number of rotatable bonds is 3. The lowest BCUT2D eigenvalue weighted by Crippen LogP contribution is -2.45. The number of nitrogens with two attached hydrogens (primary N) is 1. The van der Waals surface area contributed by atoms with Gasteiger partial charge in [-0.3, -0.25) is 0 Å². The molecule has 2 bridgehead atoms. The molecular weight excluding hydrogens is 178 g/mol. The van der Waals surface area contributed by atoms with E-state index < -0.39 is 12.0 Å². The van der Waals surface area contributed by atoms with Crippen LogP contribution in [0.15, 0.2) is 0 Å². The lowest BCUT2D eigenvalue weighted by Gasteiger charge is -2.43. The number of hydrogen-bond donors (Lipinski definition) is 1. The molecule has 2 atom stereocenters. The highest BCUT2D eigenvalue weighted by molar-refractivity contribution is 5.70. The fourth-order valence-electron chi connectivity index (χ4n) is 3.23. The molecule has 3 aliphatic rings. The minimum absolute atomic E-state index is 0.551. The lowest BCUT2D eigenvalue weighted by molar-refractivity contribution is -0.308. The number of fused-ring (bicyclic) bond motifs is 3. The monoisotopic (exact) mass is 196 g/mol. The van der Waals surface area contributed by atoms with Gasteiger partial charge >= 0.3 is 0 Å². The van der Waals surface area contributed by atoms with Crippen molar-refractivity contribution in [3.63, 3.8) is 0 Å². The molecule has 3 saturated carbocycles. The number of carboxylic acid groups (broad SMARTS) is 1. The minimum atomic E-state index is -1.09. The Labute approximate surface area is 84.7 Å². The van der Waals surface area contributed by atoms with Crippen LogP contribution in [0.2, 0.25) is 0 Å². The van der Waals surface area contributed by atoms with E-state index in [0.29, 0.717) is 12.3 Å². The molecule has 0 amide bonds. The Bertz CT molecular complexity index is 221. The average Bonchev–Trinajstić information content (AvgIpc) is 2.19. The van der Waals surface area contributed by atoms with E-state index in [2.05, 4.69) is 0 Å². The Morgan fingerprint density at radius 3 is 2.43 bits per heavy atom. The number of carboxylic acids is 1. The quantitative estimate of drug-likeness (QED) is 0.705. The highest BCUT2D eigenvalue weighted by Crippen LogP contribution is 2.46. The molecule has 3 heteroatoms. The normalized spacial score (nSPS) is 38.2. The molecule has 3 rings (SSSR count). The molecule has 0 aromatic carbocycles. The topological polar surface area (TPSA) is 66.2 Å². The highest BCUT2D eigenvalue weighted by Gasteiger charge is 2.35. The van der Waals surface area contributed by atoms with E-state index in [-0.39, 0.29) is 0 Å². The van der Waals surface area contributed by atoms with Crippen LogP contribution in [0.4, 0.5) is 0 Å². The Hall–Kier alpha value is -0.570. The van der Waals surface area contributed by atoms with Crippen molar-refractivity contribution in [2.24, 2.45) is 23.5 Å². The van der Waals surface area contributed by atoms with Crippen molar-refractivity contribution in [3.8, 4) is 0 Å². The standard InChI is InChI=1S/C11H19NO2/c12-10(11(13)14)6-9-5-7-1-3-8(9)4-2-7/h7-10H,1-6,12H2,(H,13,14)/p-1/t7?,8?,9?,10-/m0/s1. The van der Waals surface area contributed by atoms with Gasteiger partial charge in [0.15, 0.2) is 0 Å². The highest BCUT2D eigenvalue weighted by atomic mass is 16.4. The van der Waals surface area contributed by atoms with E-state index in [1.807, 2.05) is 0 Å². The summed E-state index contributed by atoms with van der Waals surface area (Å²) in [7, 11) is 0. The fourth-order valence-corrected chi connectivity index (χ4v) is 3.23. The van der Waals surface area contributed by atoms with Crippen molar-refractivity contribution in [1.29, 1.82) is 0 Å². The number of carbonyl (C=O) groups is 1. The van der Waals surface area contributed by atoms with Gasteiger partial charge in [-0.25, -0.2) is 0 Å². The molecule has 0 heterocycles. The van der Waals surface area contributed by atoms with Crippen LogP contribution in [0, 0.1) is 17.8 Å². The fraction of sp³-hybridized carbons (Fsp3) is 0.909. The summed E-state index contributed by atoms with van der Waals surface area (Å²) >= 11 is 0. The van der Waals surface area contributed by atoms with Crippen molar-refractivity contribution in [1.82, 2.24) is 0 Å². The number of carbonyl (C=O) groups excluding carboxylic acids is 1. The van der Waals surface area contributed by atoms with Gasteiger partial charge in [0.05, 0.1) is 5.97 Å². The zero-order valence-corrected chi connectivity index (χ0v) is 8.45. The zero-order valence-electron chi connectivity index (χ0n) is 8.45. The van der Waals surface area contributed by atoms with E-state index in [1.54, 1.807) is 0 Å². The van der Waals surface area contributed by atoms with Crippen molar-refractivity contribution in [2.45, 2.75) is 44.6 Å². The second-order valence-corrected chi connectivity index (χ2v) is 4.94. The molecule has 0 saturated heterocycles. The van der Waals surface area contributed by atoms with Gasteiger partial charge in [0.2, 0.25) is 0 Å². The summed E-state index contributed by atoms with van der Waals surface area (Å²) in [5.41, 5.74) is 5.52. The van der Waals surface area contributed by atoms with Gasteiger partial charge in [0.1, 0.15) is 0 Å². The SMILES string of the molecule is N[C@@H](CC1CC2CCC1CC2)C(=O)[O-]. The first-order valence-electron chi connectivity index (χ1n) is 5.63. The van der Waals surface area contributed by atoms with Crippen molar-refractivity contribution in [2.75, 3.05) is 0 Å². The third kappa shape index (κ3) is 1.92. The summed E-state index contributed by atoms with van der Waals surface area (Å²) < 4.78 is 0. The molecule has 14 heavy (non-hydrogen) atoms. The second-order valence-electron chi connectivity index (χ2n) is 4.94. The van der Waals surface area contributed by atoms with E-state index in [1.165, 1.54) is 32.1 Å². The third-order valence-corrected chi connectivity index (χ3v) is 4.05. The predicted octanol–water partition coefficient (Wildman–Crippen LogP) is 0.280. The molecule has 0 radical (unpaired) electrons. The van der Waals surface area contributed by atoms with Gasteiger partial charge in [-0.1, -0.05) is 12.8 Å². The van der Waals surface area contributed by atoms with Gasteiger partial charge in [-0.2, -0.15) is 0 Å². The summed E-state index contributed by atoms with van der Waals surface area (Å²) in [6.45, 7) is 0.